The highest BCUT2D eigenvalue weighted by atomic mass is 35.5. The molecule has 1 heterocycles. The van der Waals surface area contributed by atoms with Crippen LogP contribution in [0.3, 0.4) is 0 Å². The molecule has 6 heteroatoms. The summed E-state index contributed by atoms with van der Waals surface area (Å²) in [5.41, 5.74) is 2.93. The van der Waals surface area contributed by atoms with Crippen molar-refractivity contribution in [3.05, 3.63) is 53.1 Å². The quantitative estimate of drug-likeness (QED) is 0.800. The molecule has 0 unspecified atom stereocenters. The van der Waals surface area contributed by atoms with Crippen LogP contribution in [0, 0.1) is 0 Å². The van der Waals surface area contributed by atoms with Crippen molar-refractivity contribution in [1.82, 2.24) is 0 Å². The number of nitrogens with one attached hydrogen (secondary N) is 1. The summed E-state index contributed by atoms with van der Waals surface area (Å²) in [7, 11) is 0. The number of morpholine rings is 1. The van der Waals surface area contributed by atoms with Gasteiger partial charge in [0.25, 0.3) is 5.91 Å². The lowest BCUT2D eigenvalue weighted by molar-refractivity contribution is -0.118. The third kappa shape index (κ3) is 5.40. The number of nitrogens with zero attached hydrogens (tertiary/aromatic N) is 1. The summed E-state index contributed by atoms with van der Waals surface area (Å²) in [6, 6.07) is 13.4. The molecule has 0 atom stereocenters. The van der Waals surface area contributed by atoms with E-state index in [-0.39, 0.29) is 17.9 Å². The van der Waals surface area contributed by atoms with E-state index < -0.39 is 0 Å². The van der Waals surface area contributed by atoms with Crippen molar-refractivity contribution in [2.24, 2.45) is 0 Å². The minimum atomic E-state index is -0.225. The molecule has 1 N–H and O–H groups in total. The summed E-state index contributed by atoms with van der Waals surface area (Å²) in [4.78, 5) is 14.6. The fraction of sp³-hybridized carbons (Fsp3) is 0.409. The molecule has 1 aliphatic rings. The van der Waals surface area contributed by atoms with E-state index in [0.29, 0.717) is 29.7 Å². The summed E-state index contributed by atoms with van der Waals surface area (Å²) < 4.78 is 11.1. The second-order valence-corrected chi connectivity index (χ2v) is 8.31. The lowest BCUT2D eigenvalue weighted by atomic mass is 9.87. The number of halogens is 1. The van der Waals surface area contributed by atoms with Gasteiger partial charge in [0.15, 0.2) is 6.61 Å². The highest BCUT2D eigenvalue weighted by Gasteiger charge is 2.17. The third-order valence-corrected chi connectivity index (χ3v) is 4.91. The molecule has 28 heavy (non-hydrogen) atoms. The zero-order valence-electron chi connectivity index (χ0n) is 16.6. The number of benzene rings is 2. The van der Waals surface area contributed by atoms with Crippen LogP contribution in [0.1, 0.15) is 26.3 Å². The smallest absolute Gasteiger partial charge is 0.262 e. The molecular weight excluding hydrogens is 376 g/mol. The summed E-state index contributed by atoms with van der Waals surface area (Å²) in [5, 5.41) is 3.50. The van der Waals surface area contributed by atoms with Crippen LogP contribution in [0.5, 0.6) is 5.75 Å². The van der Waals surface area contributed by atoms with E-state index in [9.17, 15) is 4.79 Å². The molecule has 2 aromatic carbocycles. The van der Waals surface area contributed by atoms with Crippen LogP contribution in [0.2, 0.25) is 5.02 Å². The molecule has 150 valence electrons. The highest BCUT2D eigenvalue weighted by molar-refractivity contribution is 6.31. The Hall–Kier alpha value is -2.24. The van der Waals surface area contributed by atoms with Crippen molar-refractivity contribution in [3.63, 3.8) is 0 Å². The topological polar surface area (TPSA) is 50.8 Å². The first-order valence-corrected chi connectivity index (χ1v) is 9.86. The first-order valence-electron chi connectivity index (χ1n) is 9.48. The monoisotopic (exact) mass is 402 g/mol. The SMILES string of the molecule is CC(C)(C)c1ccc(OCC(=O)Nc2cc(Cl)ccc2N2CCOCC2)cc1. The number of hydrogen-bond donors (Lipinski definition) is 1. The van der Waals surface area contributed by atoms with E-state index in [1.807, 2.05) is 36.4 Å². The van der Waals surface area contributed by atoms with E-state index in [2.05, 4.69) is 31.0 Å². The Morgan fingerprint density at radius 1 is 1.14 bits per heavy atom. The highest BCUT2D eigenvalue weighted by Crippen LogP contribution is 2.30. The van der Waals surface area contributed by atoms with Gasteiger partial charge >= 0.3 is 0 Å². The average molecular weight is 403 g/mol. The fourth-order valence-electron chi connectivity index (χ4n) is 3.07. The molecule has 1 fully saturated rings. The van der Waals surface area contributed by atoms with Gasteiger partial charge in [-0.05, 0) is 41.3 Å². The number of rotatable bonds is 5. The van der Waals surface area contributed by atoms with Crippen molar-refractivity contribution >= 4 is 28.9 Å². The Labute approximate surface area is 171 Å². The first kappa shape index (κ1) is 20.5. The van der Waals surface area contributed by atoms with Gasteiger partial charge < -0.3 is 19.7 Å². The van der Waals surface area contributed by atoms with Crippen LogP contribution in [0.25, 0.3) is 0 Å². The van der Waals surface area contributed by atoms with E-state index in [1.165, 1.54) is 5.56 Å². The van der Waals surface area contributed by atoms with Crippen LogP contribution < -0.4 is 15.0 Å². The first-order chi connectivity index (χ1) is 13.3. The second-order valence-electron chi connectivity index (χ2n) is 7.87. The van der Waals surface area contributed by atoms with Crippen molar-refractivity contribution in [2.75, 3.05) is 43.1 Å². The number of ether oxygens (including phenoxy) is 2. The number of hydrogen-bond acceptors (Lipinski definition) is 4. The summed E-state index contributed by atoms with van der Waals surface area (Å²) in [6.07, 6.45) is 0. The fourth-order valence-corrected chi connectivity index (χ4v) is 3.25. The minimum Gasteiger partial charge on any atom is -0.484 e. The predicted molar refractivity (Wildman–Crippen MR) is 114 cm³/mol. The summed E-state index contributed by atoms with van der Waals surface area (Å²) in [5.74, 6) is 0.444. The van der Waals surface area contributed by atoms with Gasteiger partial charge in [-0.2, -0.15) is 0 Å². The van der Waals surface area contributed by atoms with Gasteiger partial charge in [-0.15, -0.1) is 0 Å². The van der Waals surface area contributed by atoms with Crippen LogP contribution in [0.15, 0.2) is 42.5 Å². The Balaban J connectivity index is 1.62. The predicted octanol–water partition coefficient (Wildman–Crippen LogP) is 4.49. The van der Waals surface area contributed by atoms with E-state index >= 15 is 0 Å². The van der Waals surface area contributed by atoms with Crippen molar-refractivity contribution in [2.45, 2.75) is 26.2 Å². The van der Waals surface area contributed by atoms with Gasteiger partial charge in [0.1, 0.15) is 5.75 Å². The Bertz CT molecular complexity index is 810. The lowest BCUT2D eigenvalue weighted by Crippen LogP contribution is -2.37. The zero-order valence-corrected chi connectivity index (χ0v) is 17.4. The third-order valence-electron chi connectivity index (χ3n) is 4.67. The van der Waals surface area contributed by atoms with Gasteiger partial charge in [0, 0.05) is 18.1 Å². The lowest BCUT2D eigenvalue weighted by Gasteiger charge is -2.30. The molecular formula is C22H27ClN2O3. The summed E-state index contributed by atoms with van der Waals surface area (Å²) >= 11 is 6.14. The molecule has 0 radical (unpaired) electrons. The van der Waals surface area contributed by atoms with Crippen molar-refractivity contribution < 1.29 is 14.3 Å². The second kappa shape index (κ2) is 8.84. The largest absolute Gasteiger partial charge is 0.484 e. The Kier molecular flexibility index (Phi) is 6.47. The van der Waals surface area contributed by atoms with Crippen molar-refractivity contribution in [3.8, 4) is 5.75 Å². The molecule has 0 aliphatic carbocycles. The average Bonchev–Trinajstić information content (AvgIpc) is 2.67. The molecule has 0 saturated carbocycles. The Morgan fingerprint density at radius 3 is 2.46 bits per heavy atom. The maximum atomic E-state index is 12.4. The molecule has 0 bridgehead atoms. The molecule has 5 nitrogen and oxygen atoms in total. The number of amides is 1. The Morgan fingerprint density at radius 2 is 1.82 bits per heavy atom. The van der Waals surface area contributed by atoms with Crippen molar-refractivity contribution in [1.29, 1.82) is 0 Å². The summed E-state index contributed by atoms with van der Waals surface area (Å²) in [6.45, 7) is 9.31. The maximum absolute atomic E-state index is 12.4. The minimum absolute atomic E-state index is 0.0655. The normalized spacial score (nSPS) is 14.6. The molecule has 0 aromatic heterocycles. The van der Waals surface area contributed by atoms with Crippen LogP contribution in [-0.4, -0.2) is 38.8 Å². The number of carbonyl (C=O) groups is 1. The van der Waals surface area contributed by atoms with Gasteiger partial charge in [-0.3, -0.25) is 4.79 Å². The number of carbonyl (C=O) groups excluding carboxylic acids is 1. The molecule has 2 aromatic rings. The van der Waals surface area contributed by atoms with Crippen LogP contribution >= 0.6 is 11.6 Å². The van der Waals surface area contributed by atoms with E-state index in [4.69, 9.17) is 21.1 Å². The van der Waals surface area contributed by atoms with Gasteiger partial charge in [-0.1, -0.05) is 44.5 Å². The number of anilines is 2. The van der Waals surface area contributed by atoms with Gasteiger partial charge in [-0.25, -0.2) is 0 Å². The van der Waals surface area contributed by atoms with E-state index in [0.717, 1.165) is 18.8 Å². The van der Waals surface area contributed by atoms with Crippen LogP contribution in [-0.2, 0) is 14.9 Å². The van der Waals surface area contributed by atoms with E-state index in [1.54, 1.807) is 6.07 Å². The molecule has 1 amide bonds. The zero-order chi connectivity index (χ0) is 20.1. The van der Waals surface area contributed by atoms with Gasteiger partial charge in [0.2, 0.25) is 0 Å². The molecule has 1 aliphatic heterocycles. The van der Waals surface area contributed by atoms with Crippen LogP contribution in [0.4, 0.5) is 11.4 Å². The molecule has 3 rings (SSSR count). The molecule has 1 saturated heterocycles. The standard InChI is InChI=1S/C22H27ClN2O3/c1-22(2,3)16-4-7-18(8-5-16)28-15-21(26)24-19-14-17(23)6-9-20(19)25-10-12-27-13-11-25/h4-9,14H,10-13,15H2,1-3H3,(H,24,26). The maximum Gasteiger partial charge on any atom is 0.262 e. The molecule has 0 spiro atoms. The van der Waals surface area contributed by atoms with Gasteiger partial charge in [0.05, 0.1) is 24.6 Å².